The molecule has 0 spiro atoms. The van der Waals surface area contributed by atoms with Crippen LogP contribution in [0.2, 0.25) is 5.02 Å². The van der Waals surface area contributed by atoms with Crippen LogP contribution in [0.5, 0.6) is 11.5 Å². The number of rotatable bonds is 2. The lowest BCUT2D eigenvalue weighted by molar-refractivity contribution is 0.411. The molecule has 1 rings (SSSR count). The standard InChI is InChI=1S/C8H10ClNO2/c1-12-6-2-5(4-10)8(11)7(9)3-6/h2-3,11H,4,10H2,1H3. The fraction of sp³-hybridized carbons (Fsp3) is 0.250. The number of methoxy groups -OCH3 is 1. The minimum absolute atomic E-state index is 0.0277. The second kappa shape index (κ2) is 3.65. The van der Waals surface area contributed by atoms with Gasteiger partial charge in [-0.2, -0.15) is 0 Å². The molecule has 0 aliphatic heterocycles. The molecule has 3 nitrogen and oxygen atoms in total. The number of phenolic OH excluding ortho intramolecular Hbond substituents is 1. The summed E-state index contributed by atoms with van der Waals surface area (Å²) in [5.74, 6) is 0.623. The van der Waals surface area contributed by atoms with Crippen LogP contribution < -0.4 is 10.5 Å². The minimum Gasteiger partial charge on any atom is -0.506 e. The van der Waals surface area contributed by atoms with Crippen LogP contribution in [0.25, 0.3) is 0 Å². The average Bonchev–Trinajstić information content (AvgIpc) is 2.09. The zero-order valence-electron chi connectivity index (χ0n) is 6.67. The smallest absolute Gasteiger partial charge is 0.138 e. The van der Waals surface area contributed by atoms with Crippen LogP contribution in [-0.4, -0.2) is 12.2 Å². The zero-order chi connectivity index (χ0) is 9.14. The van der Waals surface area contributed by atoms with Gasteiger partial charge >= 0.3 is 0 Å². The van der Waals surface area contributed by atoms with Gasteiger partial charge in [0.25, 0.3) is 0 Å². The molecule has 0 bridgehead atoms. The van der Waals surface area contributed by atoms with Crippen molar-refractivity contribution in [3.63, 3.8) is 0 Å². The third-order valence-electron chi connectivity index (χ3n) is 1.57. The molecular formula is C8H10ClNO2. The second-order valence-electron chi connectivity index (χ2n) is 2.32. The number of aromatic hydroxyl groups is 1. The van der Waals surface area contributed by atoms with Crippen LogP contribution in [0.3, 0.4) is 0 Å². The summed E-state index contributed by atoms with van der Waals surface area (Å²) in [6, 6.07) is 3.19. The maximum atomic E-state index is 9.35. The van der Waals surface area contributed by atoms with E-state index in [2.05, 4.69) is 0 Å². The third kappa shape index (κ3) is 1.62. The highest BCUT2D eigenvalue weighted by Gasteiger charge is 2.06. The van der Waals surface area contributed by atoms with Gasteiger partial charge in [0.05, 0.1) is 12.1 Å². The predicted molar refractivity (Wildman–Crippen MR) is 47.6 cm³/mol. The summed E-state index contributed by atoms with van der Waals surface area (Å²) in [6.07, 6.45) is 0. The molecule has 0 amide bonds. The lowest BCUT2D eigenvalue weighted by atomic mass is 10.2. The molecule has 12 heavy (non-hydrogen) atoms. The molecule has 0 unspecified atom stereocenters. The maximum Gasteiger partial charge on any atom is 0.138 e. The molecule has 1 aromatic rings. The highest BCUT2D eigenvalue weighted by molar-refractivity contribution is 6.32. The average molecular weight is 188 g/mol. The summed E-state index contributed by atoms with van der Waals surface area (Å²) in [7, 11) is 1.53. The van der Waals surface area contributed by atoms with Gasteiger partial charge in [-0.1, -0.05) is 11.6 Å². The van der Waals surface area contributed by atoms with Crippen LogP contribution in [0.1, 0.15) is 5.56 Å². The number of benzene rings is 1. The molecule has 0 radical (unpaired) electrons. The number of ether oxygens (including phenoxy) is 1. The molecule has 0 fully saturated rings. The van der Waals surface area contributed by atoms with Crippen LogP contribution in [0.15, 0.2) is 12.1 Å². The van der Waals surface area contributed by atoms with Crippen LogP contribution in [0, 0.1) is 0 Å². The van der Waals surface area contributed by atoms with Gasteiger partial charge in [0.1, 0.15) is 11.5 Å². The van der Waals surface area contributed by atoms with Crippen molar-refractivity contribution < 1.29 is 9.84 Å². The van der Waals surface area contributed by atoms with E-state index in [1.165, 1.54) is 13.2 Å². The first-order chi connectivity index (χ1) is 5.69. The van der Waals surface area contributed by atoms with Gasteiger partial charge in [0.15, 0.2) is 0 Å². The van der Waals surface area contributed by atoms with E-state index < -0.39 is 0 Å². The van der Waals surface area contributed by atoms with E-state index >= 15 is 0 Å². The molecule has 66 valence electrons. The first kappa shape index (κ1) is 9.16. The Morgan fingerprint density at radius 1 is 1.58 bits per heavy atom. The highest BCUT2D eigenvalue weighted by Crippen LogP contribution is 2.31. The Morgan fingerprint density at radius 3 is 2.75 bits per heavy atom. The molecule has 0 aromatic heterocycles. The Labute approximate surface area is 75.7 Å². The van der Waals surface area contributed by atoms with Crippen molar-refractivity contribution in [2.75, 3.05) is 7.11 Å². The second-order valence-corrected chi connectivity index (χ2v) is 2.73. The summed E-state index contributed by atoms with van der Waals surface area (Å²) in [5, 5.41) is 9.61. The predicted octanol–water partition coefficient (Wildman–Crippen LogP) is 1.51. The lowest BCUT2D eigenvalue weighted by Crippen LogP contribution is -1.97. The molecule has 1 aromatic carbocycles. The summed E-state index contributed by atoms with van der Waals surface area (Å²) < 4.78 is 4.94. The number of hydrogen-bond donors (Lipinski definition) is 2. The summed E-state index contributed by atoms with van der Waals surface area (Å²) in [5.41, 5.74) is 5.95. The molecular weight excluding hydrogens is 178 g/mol. The Balaban J connectivity index is 3.19. The molecule has 0 saturated carbocycles. The zero-order valence-corrected chi connectivity index (χ0v) is 7.43. The van der Waals surface area contributed by atoms with Gasteiger partial charge in [-0.25, -0.2) is 0 Å². The molecule has 0 aliphatic rings. The van der Waals surface area contributed by atoms with Gasteiger partial charge in [-0.3, -0.25) is 0 Å². The van der Waals surface area contributed by atoms with E-state index in [0.29, 0.717) is 11.3 Å². The topological polar surface area (TPSA) is 55.5 Å². The van der Waals surface area contributed by atoms with Crippen molar-refractivity contribution in [2.24, 2.45) is 5.73 Å². The summed E-state index contributed by atoms with van der Waals surface area (Å²) >= 11 is 5.69. The van der Waals surface area contributed by atoms with Gasteiger partial charge in [0, 0.05) is 18.2 Å². The molecule has 0 atom stereocenters. The molecule has 0 saturated heterocycles. The van der Waals surface area contributed by atoms with E-state index in [9.17, 15) is 5.11 Å². The normalized spacial score (nSPS) is 9.92. The first-order valence-corrected chi connectivity index (χ1v) is 3.82. The van der Waals surface area contributed by atoms with Crippen molar-refractivity contribution >= 4 is 11.6 Å². The Hall–Kier alpha value is -0.930. The fourth-order valence-corrected chi connectivity index (χ4v) is 1.13. The van der Waals surface area contributed by atoms with Crippen LogP contribution in [-0.2, 0) is 6.54 Å². The van der Waals surface area contributed by atoms with Gasteiger partial charge < -0.3 is 15.6 Å². The third-order valence-corrected chi connectivity index (χ3v) is 1.86. The Morgan fingerprint density at radius 2 is 2.25 bits per heavy atom. The number of nitrogens with two attached hydrogens (primary N) is 1. The van der Waals surface area contributed by atoms with Crippen molar-refractivity contribution in [2.45, 2.75) is 6.54 Å². The Bertz CT molecular complexity index is 289. The van der Waals surface area contributed by atoms with Gasteiger partial charge in [0.2, 0.25) is 0 Å². The molecule has 3 N–H and O–H groups in total. The van der Waals surface area contributed by atoms with Crippen LogP contribution in [0.4, 0.5) is 0 Å². The van der Waals surface area contributed by atoms with E-state index in [1.54, 1.807) is 6.07 Å². The number of halogens is 1. The molecule has 0 heterocycles. The fourth-order valence-electron chi connectivity index (χ4n) is 0.902. The Kier molecular flexibility index (Phi) is 2.78. The maximum absolute atomic E-state index is 9.35. The summed E-state index contributed by atoms with van der Waals surface area (Å²) in [4.78, 5) is 0. The monoisotopic (exact) mass is 187 g/mol. The van der Waals surface area contributed by atoms with E-state index in [-0.39, 0.29) is 17.3 Å². The van der Waals surface area contributed by atoms with Crippen molar-refractivity contribution in [3.8, 4) is 11.5 Å². The van der Waals surface area contributed by atoms with Crippen molar-refractivity contribution in [3.05, 3.63) is 22.7 Å². The SMILES string of the molecule is COc1cc(Cl)c(O)c(CN)c1. The van der Waals surface area contributed by atoms with Crippen molar-refractivity contribution in [1.29, 1.82) is 0 Å². The number of phenols is 1. The van der Waals surface area contributed by atoms with Gasteiger partial charge in [-0.15, -0.1) is 0 Å². The molecule has 0 aliphatic carbocycles. The minimum atomic E-state index is 0.0277. The van der Waals surface area contributed by atoms with Gasteiger partial charge in [-0.05, 0) is 6.07 Å². The quantitative estimate of drug-likeness (QED) is 0.738. The van der Waals surface area contributed by atoms with Crippen LogP contribution >= 0.6 is 11.6 Å². The number of hydrogen-bond acceptors (Lipinski definition) is 3. The highest BCUT2D eigenvalue weighted by atomic mass is 35.5. The summed E-state index contributed by atoms with van der Waals surface area (Å²) in [6.45, 7) is 0.239. The van der Waals surface area contributed by atoms with Crippen molar-refractivity contribution in [1.82, 2.24) is 0 Å². The van der Waals surface area contributed by atoms with E-state index in [0.717, 1.165) is 0 Å². The largest absolute Gasteiger partial charge is 0.506 e. The molecule has 4 heteroatoms. The van der Waals surface area contributed by atoms with E-state index in [4.69, 9.17) is 22.1 Å². The lowest BCUT2D eigenvalue weighted by Gasteiger charge is -2.06. The first-order valence-electron chi connectivity index (χ1n) is 3.44. The van der Waals surface area contributed by atoms with E-state index in [1.807, 2.05) is 0 Å².